The molecule has 154 valence electrons. The Labute approximate surface area is 172 Å². The molecule has 5 heterocycles. The van der Waals surface area contributed by atoms with Gasteiger partial charge in [0.1, 0.15) is 0 Å². The van der Waals surface area contributed by atoms with E-state index in [-0.39, 0.29) is 6.04 Å². The first-order valence-corrected chi connectivity index (χ1v) is 10.9. The SMILES string of the molecule is NCC1CCN(c2cncc(C3NNC4CNC(c5cccnc5)CC43)c2)CC1. The fourth-order valence-electron chi connectivity index (χ4n) is 5.15. The van der Waals surface area contributed by atoms with E-state index in [1.807, 2.05) is 30.9 Å². The molecule has 2 aromatic heterocycles. The van der Waals surface area contributed by atoms with Gasteiger partial charge in [0.05, 0.1) is 17.9 Å². The molecular formula is C22H31N7. The lowest BCUT2D eigenvalue weighted by Gasteiger charge is -2.35. The number of nitrogens with two attached hydrogens (primary N) is 1. The molecule has 4 unspecified atom stereocenters. The van der Waals surface area contributed by atoms with E-state index in [0.717, 1.165) is 32.6 Å². The largest absolute Gasteiger partial charge is 0.370 e. The van der Waals surface area contributed by atoms with Crippen molar-refractivity contribution >= 4 is 5.69 Å². The van der Waals surface area contributed by atoms with E-state index in [9.17, 15) is 0 Å². The number of aromatic nitrogens is 2. The molecule has 3 fully saturated rings. The van der Waals surface area contributed by atoms with E-state index in [1.165, 1.54) is 29.7 Å². The van der Waals surface area contributed by atoms with Crippen molar-refractivity contribution < 1.29 is 0 Å². The van der Waals surface area contributed by atoms with Gasteiger partial charge in [0.15, 0.2) is 0 Å². The maximum absolute atomic E-state index is 5.85. The number of pyridine rings is 2. The number of nitrogens with one attached hydrogen (secondary N) is 3. The van der Waals surface area contributed by atoms with E-state index >= 15 is 0 Å². The van der Waals surface area contributed by atoms with Gasteiger partial charge in [-0.15, -0.1) is 0 Å². The van der Waals surface area contributed by atoms with Crippen LogP contribution >= 0.6 is 0 Å². The number of hydrazine groups is 1. The first-order chi connectivity index (χ1) is 14.3. The topological polar surface area (TPSA) is 91.1 Å². The molecular weight excluding hydrogens is 362 g/mol. The smallest absolute Gasteiger partial charge is 0.0556 e. The molecule has 5 rings (SSSR count). The fraction of sp³-hybridized carbons (Fsp3) is 0.545. The summed E-state index contributed by atoms with van der Waals surface area (Å²) in [6, 6.07) is 7.57. The van der Waals surface area contributed by atoms with Crippen molar-refractivity contribution in [1.82, 2.24) is 26.1 Å². The van der Waals surface area contributed by atoms with Gasteiger partial charge in [-0.05, 0) is 60.9 Å². The third kappa shape index (κ3) is 3.88. The van der Waals surface area contributed by atoms with Gasteiger partial charge >= 0.3 is 0 Å². The second-order valence-electron chi connectivity index (χ2n) is 8.66. The van der Waals surface area contributed by atoms with E-state index < -0.39 is 0 Å². The standard InChI is InChI=1S/C22H31N7/c23-10-15-3-6-29(7-4-15)18-8-17(12-25-13-18)22-19-9-20(16-2-1-5-24-11-16)26-14-21(19)27-28-22/h1-2,5,8,11-13,15,19-22,26-28H,3-4,6-7,9-10,14,23H2. The number of fused-ring (bicyclic) bond motifs is 1. The zero-order valence-corrected chi connectivity index (χ0v) is 16.8. The predicted octanol–water partition coefficient (Wildman–Crippen LogP) is 1.52. The van der Waals surface area contributed by atoms with Crippen LogP contribution in [0.4, 0.5) is 5.69 Å². The highest BCUT2D eigenvalue weighted by Crippen LogP contribution is 2.39. The van der Waals surface area contributed by atoms with Crippen molar-refractivity contribution in [3.8, 4) is 0 Å². The van der Waals surface area contributed by atoms with Gasteiger partial charge in [0.2, 0.25) is 0 Å². The van der Waals surface area contributed by atoms with Gasteiger partial charge in [-0.2, -0.15) is 0 Å². The zero-order chi connectivity index (χ0) is 19.6. The minimum Gasteiger partial charge on any atom is -0.370 e. The molecule has 0 amide bonds. The molecule has 7 heteroatoms. The Bertz CT molecular complexity index is 806. The molecule has 0 bridgehead atoms. The van der Waals surface area contributed by atoms with Gasteiger partial charge in [0, 0.05) is 50.3 Å². The second-order valence-corrected chi connectivity index (χ2v) is 8.66. The van der Waals surface area contributed by atoms with Crippen LogP contribution in [0.1, 0.15) is 42.5 Å². The Balaban J connectivity index is 1.32. The predicted molar refractivity (Wildman–Crippen MR) is 114 cm³/mol. The summed E-state index contributed by atoms with van der Waals surface area (Å²) in [5.74, 6) is 1.18. The average molecular weight is 394 g/mol. The van der Waals surface area contributed by atoms with Gasteiger partial charge < -0.3 is 16.0 Å². The van der Waals surface area contributed by atoms with Crippen LogP contribution in [0.3, 0.4) is 0 Å². The van der Waals surface area contributed by atoms with Gasteiger partial charge in [-0.25, -0.2) is 5.43 Å². The van der Waals surface area contributed by atoms with Gasteiger partial charge in [-0.3, -0.25) is 15.4 Å². The van der Waals surface area contributed by atoms with E-state index in [2.05, 4.69) is 43.2 Å². The van der Waals surface area contributed by atoms with Crippen LogP contribution in [0.15, 0.2) is 43.0 Å². The van der Waals surface area contributed by atoms with Crippen molar-refractivity contribution in [3.05, 3.63) is 54.1 Å². The van der Waals surface area contributed by atoms with E-state index in [1.54, 1.807) is 0 Å². The number of nitrogens with zero attached hydrogens (tertiary/aromatic N) is 3. The summed E-state index contributed by atoms with van der Waals surface area (Å²) in [5.41, 5.74) is 16.7. The molecule has 0 aliphatic carbocycles. The first-order valence-electron chi connectivity index (χ1n) is 10.9. The summed E-state index contributed by atoms with van der Waals surface area (Å²) in [6.45, 7) is 3.90. The van der Waals surface area contributed by atoms with Gasteiger partial charge in [0.25, 0.3) is 0 Å². The van der Waals surface area contributed by atoms with Crippen molar-refractivity contribution in [2.24, 2.45) is 17.6 Å². The van der Waals surface area contributed by atoms with Crippen LogP contribution in [0.25, 0.3) is 0 Å². The molecule has 3 aliphatic rings. The number of hydrogen-bond acceptors (Lipinski definition) is 7. The van der Waals surface area contributed by atoms with Crippen LogP contribution in [-0.2, 0) is 0 Å². The summed E-state index contributed by atoms with van der Waals surface area (Å²) in [7, 11) is 0. The minimum absolute atomic E-state index is 0.273. The van der Waals surface area contributed by atoms with Crippen molar-refractivity contribution in [2.75, 3.05) is 31.1 Å². The highest BCUT2D eigenvalue weighted by atomic mass is 15.4. The Morgan fingerprint density at radius 1 is 1.07 bits per heavy atom. The number of rotatable bonds is 4. The zero-order valence-electron chi connectivity index (χ0n) is 16.8. The highest BCUT2D eigenvalue weighted by molar-refractivity contribution is 5.47. The average Bonchev–Trinajstić information content (AvgIpc) is 3.23. The summed E-state index contributed by atoms with van der Waals surface area (Å²) < 4.78 is 0. The fourth-order valence-corrected chi connectivity index (χ4v) is 5.15. The normalized spacial score (nSPS) is 30.3. The molecule has 0 saturated carbocycles. The summed E-state index contributed by atoms with van der Waals surface area (Å²) in [5, 5.41) is 3.67. The molecule has 29 heavy (non-hydrogen) atoms. The molecule has 3 aliphatic heterocycles. The lowest BCUT2D eigenvalue weighted by Crippen LogP contribution is -2.46. The molecule has 5 N–H and O–H groups in total. The summed E-state index contributed by atoms with van der Waals surface area (Å²) in [6.07, 6.45) is 11.3. The number of piperidine rings is 2. The monoisotopic (exact) mass is 393 g/mol. The van der Waals surface area contributed by atoms with Crippen LogP contribution in [0, 0.1) is 11.8 Å². The maximum atomic E-state index is 5.85. The lowest BCUT2D eigenvalue weighted by molar-refractivity contribution is 0.266. The molecule has 0 radical (unpaired) electrons. The van der Waals surface area contributed by atoms with Crippen LogP contribution < -0.4 is 26.8 Å². The second kappa shape index (κ2) is 8.36. The molecule has 3 saturated heterocycles. The Kier molecular flexibility index (Phi) is 5.46. The minimum atomic E-state index is 0.273. The third-order valence-electron chi connectivity index (χ3n) is 6.97. The Morgan fingerprint density at radius 3 is 2.72 bits per heavy atom. The quantitative estimate of drug-likeness (QED) is 0.626. The third-order valence-corrected chi connectivity index (χ3v) is 6.97. The molecule has 4 atom stereocenters. The van der Waals surface area contributed by atoms with Crippen LogP contribution in [0.2, 0.25) is 0 Å². The van der Waals surface area contributed by atoms with Crippen molar-refractivity contribution in [2.45, 2.75) is 37.4 Å². The Morgan fingerprint density at radius 2 is 1.93 bits per heavy atom. The molecule has 0 aromatic carbocycles. The molecule has 7 nitrogen and oxygen atoms in total. The highest BCUT2D eigenvalue weighted by Gasteiger charge is 2.41. The van der Waals surface area contributed by atoms with Crippen molar-refractivity contribution in [1.29, 1.82) is 0 Å². The van der Waals surface area contributed by atoms with Gasteiger partial charge in [-0.1, -0.05) is 6.07 Å². The van der Waals surface area contributed by atoms with Crippen molar-refractivity contribution in [3.63, 3.8) is 0 Å². The number of anilines is 1. The lowest BCUT2D eigenvalue weighted by atomic mass is 9.80. The maximum Gasteiger partial charge on any atom is 0.0556 e. The van der Waals surface area contributed by atoms with Crippen LogP contribution in [-0.4, -0.2) is 42.2 Å². The van der Waals surface area contributed by atoms with E-state index in [0.29, 0.717) is 23.9 Å². The summed E-state index contributed by atoms with van der Waals surface area (Å²) >= 11 is 0. The molecule has 0 spiro atoms. The molecule has 2 aromatic rings. The Hall–Kier alpha value is -2.06. The summed E-state index contributed by atoms with van der Waals surface area (Å²) in [4.78, 5) is 11.4. The first kappa shape index (κ1) is 18.9. The van der Waals surface area contributed by atoms with E-state index in [4.69, 9.17) is 5.73 Å². The van der Waals surface area contributed by atoms with Crippen LogP contribution in [0.5, 0.6) is 0 Å². The number of hydrogen-bond donors (Lipinski definition) is 4.